The largest absolute Gasteiger partial charge is 0.465 e. The Kier molecular flexibility index (Phi) is 4.60. The summed E-state index contributed by atoms with van der Waals surface area (Å²) in [6.45, 7) is 1.91. The van der Waals surface area contributed by atoms with Gasteiger partial charge in [-0.25, -0.2) is 22.2 Å². The Morgan fingerprint density at radius 2 is 1.75 bits per heavy atom. The van der Waals surface area contributed by atoms with Gasteiger partial charge in [0.25, 0.3) is 10.0 Å². The maximum absolute atomic E-state index is 13.7. The van der Waals surface area contributed by atoms with Crippen molar-refractivity contribution in [3.8, 4) is 5.82 Å². The van der Waals surface area contributed by atoms with Crippen molar-refractivity contribution in [2.24, 2.45) is 0 Å². The van der Waals surface area contributed by atoms with Crippen molar-refractivity contribution in [3.63, 3.8) is 0 Å². The molecule has 0 aliphatic rings. The number of ether oxygens (including phenoxy) is 1. The smallest absolute Gasteiger partial charge is 0.337 e. The van der Waals surface area contributed by atoms with E-state index in [1.54, 1.807) is 71.6 Å². The molecule has 5 rings (SSSR count). The number of hydrogen-bond acceptors (Lipinski definition) is 5. The van der Waals surface area contributed by atoms with E-state index in [0.717, 1.165) is 16.5 Å². The molecule has 0 N–H and O–H groups in total. The molecule has 0 aliphatic heterocycles. The molecule has 0 atom stereocenters. The molecule has 0 aliphatic carbocycles. The van der Waals surface area contributed by atoms with Gasteiger partial charge in [0.15, 0.2) is 5.65 Å². The first kappa shape index (κ1) is 20.0. The lowest BCUT2D eigenvalue weighted by Gasteiger charge is -2.13. The van der Waals surface area contributed by atoms with Crippen molar-refractivity contribution in [1.29, 1.82) is 0 Å². The number of hydrogen-bond donors (Lipinski definition) is 0. The van der Waals surface area contributed by atoms with Gasteiger partial charge in [-0.1, -0.05) is 17.7 Å². The lowest BCUT2D eigenvalue weighted by molar-refractivity contribution is 0.0601. The SMILES string of the molecule is COC(=O)c1ccc2c(ccn2-c2cc3cccnc3n2S(=O)(=O)c2ccc(C)cc2)c1. The minimum Gasteiger partial charge on any atom is -0.465 e. The maximum Gasteiger partial charge on any atom is 0.337 e. The number of esters is 1. The zero-order chi connectivity index (χ0) is 22.5. The second-order valence-corrected chi connectivity index (χ2v) is 9.24. The summed E-state index contributed by atoms with van der Waals surface area (Å²) in [5.41, 5.74) is 2.49. The Hall–Kier alpha value is -3.91. The summed E-state index contributed by atoms with van der Waals surface area (Å²) in [6.07, 6.45) is 3.35. The van der Waals surface area contributed by atoms with Gasteiger partial charge in [0.2, 0.25) is 0 Å². The summed E-state index contributed by atoms with van der Waals surface area (Å²) < 4.78 is 35.3. The molecular formula is C24H19N3O4S. The molecule has 0 radical (unpaired) electrons. The molecule has 0 bridgehead atoms. The fourth-order valence-electron chi connectivity index (χ4n) is 3.81. The molecular weight excluding hydrogens is 426 g/mol. The van der Waals surface area contributed by atoms with Crippen LogP contribution in [0.5, 0.6) is 0 Å². The van der Waals surface area contributed by atoms with Crippen molar-refractivity contribution in [3.05, 3.63) is 90.3 Å². The van der Waals surface area contributed by atoms with Crippen LogP contribution in [0, 0.1) is 6.92 Å². The van der Waals surface area contributed by atoms with Crippen LogP contribution in [-0.4, -0.2) is 35.0 Å². The molecule has 7 nitrogen and oxygen atoms in total. The van der Waals surface area contributed by atoms with Gasteiger partial charge in [-0.3, -0.25) is 0 Å². The van der Waals surface area contributed by atoms with E-state index in [0.29, 0.717) is 22.4 Å². The number of nitrogens with zero attached hydrogens (tertiary/aromatic N) is 3. The third kappa shape index (κ3) is 3.07. The number of rotatable bonds is 4. The van der Waals surface area contributed by atoms with Crippen LogP contribution >= 0.6 is 0 Å². The summed E-state index contributed by atoms with van der Waals surface area (Å²) in [6, 6.07) is 19.1. The lowest BCUT2D eigenvalue weighted by atomic mass is 10.1. The van der Waals surface area contributed by atoms with Gasteiger partial charge in [-0.2, -0.15) is 0 Å². The standard InChI is InChI=1S/C24H19N3O4S/c1-16-5-8-20(9-6-16)32(29,30)27-22(15-18-4-3-12-25-23(18)27)26-13-11-17-14-19(24(28)31-2)7-10-21(17)26/h3-15H,1-2H3. The van der Waals surface area contributed by atoms with Crippen LogP contribution in [0.4, 0.5) is 0 Å². The Balaban J connectivity index is 1.78. The quantitative estimate of drug-likeness (QED) is 0.385. The maximum atomic E-state index is 13.7. The normalized spacial score (nSPS) is 11.8. The van der Waals surface area contributed by atoms with Crippen LogP contribution in [0.1, 0.15) is 15.9 Å². The Morgan fingerprint density at radius 1 is 0.969 bits per heavy atom. The fraction of sp³-hybridized carbons (Fsp3) is 0.0833. The molecule has 160 valence electrons. The van der Waals surface area contributed by atoms with Gasteiger partial charge in [0.1, 0.15) is 5.82 Å². The van der Waals surface area contributed by atoms with E-state index in [1.165, 1.54) is 11.1 Å². The monoisotopic (exact) mass is 445 g/mol. The second kappa shape index (κ2) is 7.35. The van der Waals surface area contributed by atoms with E-state index < -0.39 is 16.0 Å². The Morgan fingerprint density at radius 3 is 2.50 bits per heavy atom. The minimum absolute atomic E-state index is 0.178. The van der Waals surface area contributed by atoms with E-state index in [2.05, 4.69) is 4.98 Å². The molecule has 0 spiro atoms. The summed E-state index contributed by atoms with van der Waals surface area (Å²) in [4.78, 5) is 16.4. The highest BCUT2D eigenvalue weighted by atomic mass is 32.2. The molecule has 0 fully saturated rings. The highest BCUT2D eigenvalue weighted by molar-refractivity contribution is 7.90. The third-order valence-electron chi connectivity index (χ3n) is 5.42. The summed E-state index contributed by atoms with van der Waals surface area (Å²) in [5, 5.41) is 1.48. The van der Waals surface area contributed by atoms with Gasteiger partial charge >= 0.3 is 5.97 Å². The van der Waals surface area contributed by atoms with Gasteiger partial charge < -0.3 is 9.30 Å². The van der Waals surface area contributed by atoms with E-state index in [9.17, 15) is 13.2 Å². The van der Waals surface area contributed by atoms with Crippen molar-refractivity contribution in [2.75, 3.05) is 7.11 Å². The summed E-state index contributed by atoms with van der Waals surface area (Å²) in [7, 11) is -2.60. The molecule has 3 aromatic heterocycles. The molecule has 0 saturated carbocycles. The lowest BCUT2D eigenvalue weighted by Crippen LogP contribution is -2.17. The highest BCUT2D eigenvalue weighted by Gasteiger charge is 2.25. The molecule has 0 saturated heterocycles. The third-order valence-corrected chi connectivity index (χ3v) is 7.13. The minimum atomic E-state index is -3.93. The molecule has 0 amide bonds. The number of aryl methyl sites for hydroxylation is 1. The van der Waals surface area contributed by atoms with Gasteiger partial charge in [0.05, 0.1) is 23.1 Å². The van der Waals surface area contributed by atoms with Crippen LogP contribution in [-0.2, 0) is 14.8 Å². The van der Waals surface area contributed by atoms with E-state index in [4.69, 9.17) is 4.74 Å². The highest BCUT2D eigenvalue weighted by Crippen LogP contribution is 2.30. The molecule has 8 heteroatoms. The predicted molar refractivity (Wildman–Crippen MR) is 122 cm³/mol. The second-order valence-electron chi connectivity index (χ2n) is 7.45. The first-order chi connectivity index (χ1) is 15.4. The van der Waals surface area contributed by atoms with Crippen LogP contribution in [0.2, 0.25) is 0 Å². The summed E-state index contributed by atoms with van der Waals surface area (Å²) in [5.74, 6) is 0.00000509. The average molecular weight is 446 g/mol. The van der Waals surface area contributed by atoms with Crippen molar-refractivity contribution in [2.45, 2.75) is 11.8 Å². The Bertz CT molecular complexity index is 1600. The number of carbonyl (C=O) groups is 1. The number of methoxy groups -OCH3 is 1. The first-order valence-electron chi connectivity index (χ1n) is 9.89. The van der Waals surface area contributed by atoms with E-state index >= 15 is 0 Å². The predicted octanol–water partition coefficient (Wildman–Crippen LogP) is 4.31. The summed E-state index contributed by atoms with van der Waals surface area (Å²) >= 11 is 0. The topological polar surface area (TPSA) is 83.2 Å². The number of carbonyl (C=O) groups excluding carboxylic acids is 1. The van der Waals surface area contributed by atoms with E-state index in [1.807, 2.05) is 19.1 Å². The van der Waals surface area contributed by atoms with Crippen LogP contribution in [0.25, 0.3) is 27.8 Å². The zero-order valence-corrected chi connectivity index (χ0v) is 18.2. The zero-order valence-electron chi connectivity index (χ0n) is 17.4. The molecule has 3 heterocycles. The van der Waals surface area contributed by atoms with Gasteiger partial charge in [-0.05, 0) is 61.5 Å². The van der Waals surface area contributed by atoms with Gasteiger partial charge in [0, 0.05) is 23.2 Å². The number of pyridine rings is 1. The van der Waals surface area contributed by atoms with E-state index in [-0.39, 0.29) is 4.90 Å². The molecule has 2 aromatic carbocycles. The molecule has 0 unspecified atom stereocenters. The van der Waals surface area contributed by atoms with Gasteiger partial charge in [-0.15, -0.1) is 0 Å². The van der Waals surface area contributed by atoms with Crippen LogP contribution < -0.4 is 0 Å². The van der Waals surface area contributed by atoms with Crippen molar-refractivity contribution < 1.29 is 17.9 Å². The van der Waals surface area contributed by atoms with Crippen molar-refractivity contribution >= 4 is 37.9 Å². The number of aromatic nitrogens is 3. The first-order valence-corrected chi connectivity index (χ1v) is 11.3. The average Bonchev–Trinajstić information content (AvgIpc) is 3.39. The Labute approximate surface area is 184 Å². The number of benzene rings is 2. The fourth-order valence-corrected chi connectivity index (χ4v) is 5.26. The van der Waals surface area contributed by atoms with Crippen LogP contribution in [0.3, 0.4) is 0 Å². The number of fused-ring (bicyclic) bond motifs is 2. The molecule has 5 aromatic rings. The van der Waals surface area contributed by atoms with Crippen LogP contribution in [0.15, 0.2) is 84.0 Å². The molecule has 32 heavy (non-hydrogen) atoms. The van der Waals surface area contributed by atoms with Crippen molar-refractivity contribution in [1.82, 2.24) is 13.5 Å².